The minimum atomic E-state index is 0.0143. The zero-order valence-electron chi connectivity index (χ0n) is 17.0. The first-order valence-corrected chi connectivity index (χ1v) is 9.67. The average Bonchev–Trinajstić information content (AvgIpc) is 2.84. The van der Waals surface area contributed by atoms with Gasteiger partial charge in [0.1, 0.15) is 11.5 Å². The summed E-state index contributed by atoms with van der Waals surface area (Å²) in [6.07, 6.45) is 0. The van der Waals surface area contributed by atoms with Gasteiger partial charge in [0.05, 0.1) is 44.1 Å². The number of benzene rings is 3. The highest BCUT2D eigenvalue weighted by molar-refractivity contribution is 5.75. The van der Waals surface area contributed by atoms with Crippen LogP contribution in [0.25, 0.3) is 33.8 Å². The number of hydrogen-bond donors (Lipinski definition) is 1. The van der Waals surface area contributed by atoms with Gasteiger partial charge < -0.3 is 14.6 Å². The van der Waals surface area contributed by atoms with E-state index in [-0.39, 0.29) is 6.61 Å². The number of ether oxygens (including phenoxy) is 2. The van der Waals surface area contributed by atoms with Crippen molar-refractivity contribution >= 4 is 0 Å². The molecule has 0 atom stereocenters. The first-order valence-electron chi connectivity index (χ1n) is 9.67. The largest absolute Gasteiger partial charge is 0.497 e. The van der Waals surface area contributed by atoms with Crippen LogP contribution in [0.4, 0.5) is 0 Å². The molecule has 0 aliphatic rings. The highest BCUT2D eigenvalue weighted by Crippen LogP contribution is 2.34. The molecule has 1 N–H and O–H groups in total. The van der Waals surface area contributed by atoms with Gasteiger partial charge in [-0.25, -0.2) is 4.42 Å². The fraction of sp³-hybridized carbons (Fsp3) is 0.115. The number of aliphatic hydroxyl groups is 1. The lowest BCUT2D eigenvalue weighted by molar-refractivity contribution is 0.282. The summed E-state index contributed by atoms with van der Waals surface area (Å²) in [4.78, 5) is 0. The van der Waals surface area contributed by atoms with Gasteiger partial charge in [0.2, 0.25) is 0 Å². The summed E-state index contributed by atoms with van der Waals surface area (Å²) in [6.45, 7) is 0.0143. The van der Waals surface area contributed by atoms with Crippen LogP contribution < -0.4 is 9.47 Å². The molecule has 0 amide bonds. The molecule has 0 saturated heterocycles. The molecule has 0 aliphatic heterocycles. The second-order valence-electron chi connectivity index (χ2n) is 6.89. The maximum Gasteiger partial charge on any atom is 0.361 e. The minimum absolute atomic E-state index is 0.0143. The third-order valence-corrected chi connectivity index (χ3v) is 5.01. The van der Waals surface area contributed by atoms with E-state index in [4.69, 9.17) is 13.9 Å². The Morgan fingerprint density at radius 1 is 0.600 bits per heavy atom. The van der Waals surface area contributed by atoms with Crippen molar-refractivity contribution in [3.05, 3.63) is 90.5 Å². The van der Waals surface area contributed by atoms with Gasteiger partial charge in [-0.3, -0.25) is 0 Å². The van der Waals surface area contributed by atoms with Crippen molar-refractivity contribution in [3.8, 4) is 45.3 Å². The normalized spacial score (nSPS) is 10.6. The van der Waals surface area contributed by atoms with Crippen LogP contribution in [0.15, 0.2) is 89.3 Å². The molecule has 0 radical (unpaired) electrons. The van der Waals surface area contributed by atoms with Gasteiger partial charge >= 0.3 is 11.5 Å². The maximum atomic E-state index is 9.33. The van der Waals surface area contributed by atoms with Gasteiger partial charge in [-0.2, -0.15) is 0 Å². The van der Waals surface area contributed by atoms with E-state index in [2.05, 4.69) is 0 Å². The lowest BCUT2D eigenvalue weighted by atomic mass is 10.0. The molecule has 4 aromatic rings. The molecular weight excluding hydrogens is 376 g/mol. The first kappa shape index (κ1) is 19.7. The van der Waals surface area contributed by atoms with Crippen molar-refractivity contribution in [2.75, 3.05) is 14.2 Å². The van der Waals surface area contributed by atoms with Crippen molar-refractivity contribution < 1.29 is 19.0 Å². The fourth-order valence-corrected chi connectivity index (χ4v) is 3.27. The Labute approximate surface area is 176 Å². The van der Waals surface area contributed by atoms with E-state index in [1.165, 1.54) is 0 Å². The Morgan fingerprint density at radius 3 is 1.47 bits per heavy atom. The van der Waals surface area contributed by atoms with Crippen molar-refractivity contribution in [2.45, 2.75) is 6.61 Å². The van der Waals surface area contributed by atoms with E-state index in [0.29, 0.717) is 0 Å². The van der Waals surface area contributed by atoms with E-state index in [1.54, 1.807) is 14.2 Å². The molecule has 150 valence electrons. The molecule has 4 heteroatoms. The van der Waals surface area contributed by atoms with E-state index < -0.39 is 0 Å². The van der Waals surface area contributed by atoms with Gasteiger partial charge in [0.25, 0.3) is 0 Å². The molecule has 3 aromatic carbocycles. The molecular formula is C26H23O4+. The highest BCUT2D eigenvalue weighted by atomic mass is 16.5. The quantitative estimate of drug-likeness (QED) is 0.400. The van der Waals surface area contributed by atoms with Crippen LogP contribution in [-0.2, 0) is 6.61 Å². The highest BCUT2D eigenvalue weighted by Gasteiger charge is 2.21. The van der Waals surface area contributed by atoms with Gasteiger partial charge in [-0.05, 0) is 59.7 Å². The Bertz CT molecular complexity index is 957. The predicted octanol–water partition coefficient (Wildman–Crippen LogP) is 6.07. The SMILES string of the molecule is COc1ccc(-c2cc(-c3ccc(CO)cc3)[o+]c(-c3ccc(OC)cc3)c2)cc1. The Morgan fingerprint density at radius 2 is 1.03 bits per heavy atom. The van der Waals surface area contributed by atoms with Gasteiger partial charge in [0.15, 0.2) is 0 Å². The zero-order valence-corrected chi connectivity index (χ0v) is 17.0. The summed E-state index contributed by atoms with van der Waals surface area (Å²) in [5.41, 5.74) is 4.86. The van der Waals surface area contributed by atoms with Crippen LogP contribution in [-0.4, -0.2) is 19.3 Å². The topological polar surface area (TPSA) is 50.0 Å². The third-order valence-electron chi connectivity index (χ3n) is 5.01. The molecule has 0 spiro atoms. The molecule has 0 unspecified atom stereocenters. The lowest BCUT2D eigenvalue weighted by Gasteiger charge is -2.05. The number of hydrogen-bond acceptors (Lipinski definition) is 3. The van der Waals surface area contributed by atoms with Crippen LogP contribution >= 0.6 is 0 Å². The van der Waals surface area contributed by atoms with Crippen molar-refractivity contribution in [1.29, 1.82) is 0 Å². The second-order valence-corrected chi connectivity index (χ2v) is 6.89. The fourth-order valence-electron chi connectivity index (χ4n) is 3.27. The van der Waals surface area contributed by atoms with E-state index >= 15 is 0 Å². The van der Waals surface area contributed by atoms with Crippen LogP contribution in [0, 0.1) is 0 Å². The molecule has 0 aliphatic carbocycles. The van der Waals surface area contributed by atoms with E-state index in [0.717, 1.165) is 50.8 Å². The lowest BCUT2D eigenvalue weighted by Crippen LogP contribution is -1.88. The predicted molar refractivity (Wildman–Crippen MR) is 118 cm³/mol. The summed E-state index contributed by atoms with van der Waals surface area (Å²) in [5.74, 6) is 3.12. The molecule has 0 saturated carbocycles. The number of aliphatic hydroxyl groups excluding tert-OH is 1. The molecule has 0 bridgehead atoms. The summed E-state index contributed by atoms with van der Waals surface area (Å²) < 4.78 is 16.8. The molecule has 4 rings (SSSR count). The van der Waals surface area contributed by atoms with Crippen LogP contribution in [0.3, 0.4) is 0 Å². The number of methoxy groups -OCH3 is 2. The summed E-state index contributed by atoms with van der Waals surface area (Å²) in [6, 6.07) is 27.5. The number of rotatable bonds is 6. The van der Waals surface area contributed by atoms with Gasteiger partial charge in [-0.1, -0.05) is 24.3 Å². The summed E-state index contributed by atoms with van der Waals surface area (Å²) in [7, 11) is 3.31. The van der Waals surface area contributed by atoms with E-state index in [1.807, 2.05) is 84.9 Å². The van der Waals surface area contributed by atoms with Crippen molar-refractivity contribution in [1.82, 2.24) is 0 Å². The summed E-state index contributed by atoms with van der Waals surface area (Å²) in [5, 5.41) is 9.33. The van der Waals surface area contributed by atoms with Crippen molar-refractivity contribution in [2.24, 2.45) is 0 Å². The molecule has 4 nitrogen and oxygen atoms in total. The molecule has 1 heterocycles. The first-order chi connectivity index (χ1) is 14.7. The third kappa shape index (κ3) is 4.19. The van der Waals surface area contributed by atoms with Gasteiger partial charge in [0, 0.05) is 5.56 Å². The van der Waals surface area contributed by atoms with Crippen molar-refractivity contribution in [3.63, 3.8) is 0 Å². The van der Waals surface area contributed by atoms with Crippen LogP contribution in [0.2, 0.25) is 0 Å². The maximum absolute atomic E-state index is 9.33. The monoisotopic (exact) mass is 399 g/mol. The smallest absolute Gasteiger partial charge is 0.361 e. The minimum Gasteiger partial charge on any atom is -0.497 e. The standard InChI is InChI=1S/C26H23O4/c1-28-23-11-7-19(8-12-23)22-15-25(20-5-3-18(17-27)4-6-20)30-26(16-22)21-9-13-24(29-2)14-10-21/h3-16,27H,17H2,1-2H3/q+1. The molecule has 1 aromatic heterocycles. The Balaban J connectivity index is 1.83. The Kier molecular flexibility index (Phi) is 5.77. The second kappa shape index (κ2) is 8.80. The molecule has 0 fully saturated rings. The zero-order chi connectivity index (χ0) is 20.9. The van der Waals surface area contributed by atoms with E-state index in [9.17, 15) is 5.11 Å². The average molecular weight is 399 g/mol. The Hall–Kier alpha value is -3.63. The summed E-state index contributed by atoms with van der Waals surface area (Å²) >= 11 is 0. The van der Waals surface area contributed by atoms with Crippen LogP contribution in [0.5, 0.6) is 11.5 Å². The van der Waals surface area contributed by atoms with Gasteiger partial charge in [-0.15, -0.1) is 0 Å². The van der Waals surface area contributed by atoms with Crippen LogP contribution in [0.1, 0.15) is 5.56 Å². The molecule has 30 heavy (non-hydrogen) atoms.